The van der Waals surface area contributed by atoms with E-state index in [1.807, 2.05) is 34.1 Å². The van der Waals surface area contributed by atoms with Crippen molar-refractivity contribution in [3.63, 3.8) is 0 Å². The minimum absolute atomic E-state index is 0.294. The summed E-state index contributed by atoms with van der Waals surface area (Å²) in [5, 5.41) is 0. The molecule has 2 unspecified atom stereocenters. The van der Waals surface area contributed by atoms with Gasteiger partial charge in [-0.3, -0.25) is 10.7 Å². The highest BCUT2D eigenvalue weighted by atomic mass is 19.1. The maximum atomic E-state index is 13.5. The Bertz CT molecular complexity index is 1260. The topological polar surface area (TPSA) is 84.3 Å². The standard InChI is InChI=1S/C26H24F2N6/c27-20-7-3-17(4-8-20)15-33-23-12-11-22(19-5-9-21(28)10-6-19)32-24(23)25(29)34(26(33)30)16-18-2-1-13-31-14-18/h1-14,25-26H,15-16,29-30H2. The fourth-order valence-electron chi connectivity index (χ4n) is 4.21. The average molecular weight is 459 g/mol. The molecule has 0 radical (unpaired) electrons. The van der Waals surface area contributed by atoms with Gasteiger partial charge in [0.25, 0.3) is 0 Å². The third kappa shape index (κ3) is 4.38. The molecule has 0 saturated carbocycles. The number of pyridine rings is 2. The minimum atomic E-state index is -0.574. The van der Waals surface area contributed by atoms with Crippen molar-refractivity contribution in [2.45, 2.75) is 25.5 Å². The summed E-state index contributed by atoms with van der Waals surface area (Å²) in [7, 11) is 0. The van der Waals surface area contributed by atoms with E-state index in [9.17, 15) is 8.78 Å². The van der Waals surface area contributed by atoms with Crippen molar-refractivity contribution in [3.05, 3.63) is 114 Å². The summed E-state index contributed by atoms with van der Waals surface area (Å²) in [4.78, 5) is 13.0. The molecule has 0 spiro atoms. The van der Waals surface area contributed by atoms with E-state index in [0.717, 1.165) is 22.4 Å². The van der Waals surface area contributed by atoms with Crippen molar-refractivity contribution in [2.24, 2.45) is 11.5 Å². The summed E-state index contributed by atoms with van der Waals surface area (Å²) < 4.78 is 26.9. The van der Waals surface area contributed by atoms with Crippen LogP contribution in [0.15, 0.2) is 85.2 Å². The van der Waals surface area contributed by atoms with Crippen molar-refractivity contribution in [1.29, 1.82) is 0 Å². The van der Waals surface area contributed by atoms with E-state index < -0.39 is 12.5 Å². The molecule has 0 fully saturated rings. The number of aromatic nitrogens is 2. The van der Waals surface area contributed by atoms with Crippen LogP contribution in [-0.4, -0.2) is 21.2 Å². The van der Waals surface area contributed by atoms with E-state index in [-0.39, 0.29) is 11.6 Å². The molecule has 2 aromatic heterocycles. The number of rotatable bonds is 5. The molecular formula is C26H24F2N6. The molecule has 8 heteroatoms. The van der Waals surface area contributed by atoms with Gasteiger partial charge in [0.05, 0.1) is 17.1 Å². The maximum Gasteiger partial charge on any atom is 0.137 e. The van der Waals surface area contributed by atoms with E-state index in [2.05, 4.69) is 4.98 Å². The number of hydrogen-bond acceptors (Lipinski definition) is 6. The van der Waals surface area contributed by atoms with Crippen LogP contribution in [0.5, 0.6) is 0 Å². The fraction of sp³-hybridized carbons (Fsp3) is 0.154. The maximum absolute atomic E-state index is 13.5. The van der Waals surface area contributed by atoms with Crippen LogP contribution in [0.3, 0.4) is 0 Å². The lowest BCUT2D eigenvalue weighted by Gasteiger charge is -2.46. The smallest absolute Gasteiger partial charge is 0.137 e. The van der Waals surface area contributed by atoms with Crippen LogP contribution in [0.2, 0.25) is 0 Å². The number of nitrogens with zero attached hydrogens (tertiary/aromatic N) is 4. The van der Waals surface area contributed by atoms with Gasteiger partial charge in [-0.15, -0.1) is 0 Å². The predicted octanol–water partition coefficient (Wildman–Crippen LogP) is 4.14. The van der Waals surface area contributed by atoms with Gasteiger partial charge in [-0.05, 0) is 65.7 Å². The van der Waals surface area contributed by atoms with Gasteiger partial charge < -0.3 is 10.6 Å². The second-order valence-corrected chi connectivity index (χ2v) is 8.25. The first-order chi connectivity index (χ1) is 16.5. The lowest BCUT2D eigenvalue weighted by Crippen LogP contribution is -2.60. The van der Waals surface area contributed by atoms with Crippen LogP contribution >= 0.6 is 0 Å². The molecule has 6 nitrogen and oxygen atoms in total. The molecular weight excluding hydrogens is 434 g/mol. The highest BCUT2D eigenvalue weighted by Crippen LogP contribution is 2.37. The van der Waals surface area contributed by atoms with Gasteiger partial charge in [-0.2, -0.15) is 0 Å². The lowest BCUT2D eigenvalue weighted by molar-refractivity contribution is 0.109. The molecule has 172 valence electrons. The van der Waals surface area contributed by atoms with Crippen molar-refractivity contribution in [2.75, 3.05) is 4.90 Å². The zero-order valence-electron chi connectivity index (χ0n) is 18.4. The number of fused-ring (bicyclic) bond motifs is 1. The second kappa shape index (κ2) is 9.26. The number of nitrogens with two attached hydrogens (primary N) is 2. The third-order valence-electron chi connectivity index (χ3n) is 6.00. The van der Waals surface area contributed by atoms with E-state index in [1.54, 1.807) is 36.7 Å². The van der Waals surface area contributed by atoms with Gasteiger partial charge >= 0.3 is 0 Å². The SMILES string of the molecule is NC1c2nc(-c3ccc(F)cc3)ccc2N(Cc2ccc(F)cc2)C(N)N1Cc1cccnc1. The van der Waals surface area contributed by atoms with E-state index in [1.165, 1.54) is 24.3 Å². The Labute approximate surface area is 196 Å². The molecule has 34 heavy (non-hydrogen) atoms. The van der Waals surface area contributed by atoms with Gasteiger partial charge in [0.15, 0.2) is 0 Å². The first-order valence-corrected chi connectivity index (χ1v) is 10.9. The number of hydrogen-bond donors (Lipinski definition) is 2. The third-order valence-corrected chi connectivity index (χ3v) is 6.00. The molecule has 0 aliphatic carbocycles. The van der Waals surface area contributed by atoms with Gasteiger partial charge in [0, 0.05) is 31.0 Å². The monoisotopic (exact) mass is 458 g/mol. The van der Waals surface area contributed by atoms with E-state index >= 15 is 0 Å². The van der Waals surface area contributed by atoms with Gasteiger partial charge in [0.1, 0.15) is 24.1 Å². The Morgan fingerprint density at radius 1 is 0.794 bits per heavy atom. The fourth-order valence-corrected chi connectivity index (χ4v) is 4.21. The number of anilines is 1. The average Bonchev–Trinajstić information content (AvgIpc) is 2.86. The van der Waals surface area contributed by atoms with Gasteiger partial charge in [-0.25, -0.2) is 18.7 Å². The first-order valence-electron chi connectivity index (χ1n) is 10.9. The lowest BCUT2D eigenvalue weighted by atomic mass is 10.1. The van der Waals surface area contributed by atoms with Crippen molar-refractivity contribution < 1.29 is 8.78 Å². The molecule has 0 saturated heterocycles. The van der Waals surface area contributed by atoms with Crippen LogP contribution < -0.4 is 16.4 Å². The van der Waals surface area contributed by atoms with Crippen molar-refractivity contribution >= 4 is 5.69 Å². The zero-order chi connectivity index (χ0) is 23.7. The Balaban J connectivity index is 1.56. The van der Waals surface area contributed by atoms with Crippen LogP contribution in [0.4, 0.5) is 14.5 Å². The van der Waals surface area contributed by atoms with Gasteiger partial charge in [-0.1, -0.05) is 18.2 Å². The Kier molecular flexibility index (Phi) is 6.02. The van der Waals surface area contributed by atoms with Gasteiger partial charge in [0.2, 0.25) is 0 Å². The molecule has 3 heterocycles. The minimum Gasteiger partial charge on any atom is -0.337 e. The Morgan fingerprint density at radius 3 is 2.18 bits per heavy atom. The second-order valence-electron chi connectivity index (χ2n) is 8.25. The van der Waals surface area contributed by atoms with E-state index in [0.29, 0.717) is 24.5 Å². The number of halogens is 2. The number of benzene rings is 2. The molecule has 0 amide bonds. The molecule has 2 aromatic carbocycles. The summed E-state index contributed by atoms with van der Waals surface area (Å²) >= 11 is 0. The van der Waals surface area contributed by atoms with Crippen LogP contribution in [0.1, 0.15) is 23.0 Å². The summed E-state index contributed by atoms with van der Waals surface area (Å²) in [6, 6.07) is 20.2. The summed E-state index contributed by atoms with van der Waals surface area (Å²) in [6.07, 6.45) is 2.37. The van der Waals surface area contributed by atoms with Crippen molar-refractivity contribution in [3.8, 4) is 11.3 Å². The molecule has 4 N–H and O–H groups in total. The van der Waals surface area contributed by atoms with Crippen LogP contribution in [0.25, 0.3) is 11.3 Å². The molecule has 5 rings (SSSR count). The van der Waals surface area contributed by atoms with E-state index in [4.69, 9.17) is 16.5 Å². The normalized spacial score (nSPS) is 18.1. The predicted molar refractivity (Wildman–Crippen MR) is 127 cm³/mol. The first kappa shape index (κ1) is 22.1. The Morgan fingerprint density at radius 2 is 1.50 bits per heavy atom. The van der Waals surface area contributed by atoms with Crippen molar-refractivity contribution in [1.82, 2.24) is 14.9 Å². The highest BCUT2D eigenvalue weighted by Gasteiger charge is 2.36. The quantitative estimate of drug-likeness (QED) is 0.468. The zero-order valence-corrected chi connectivity index (χ0v) is 18.4. The Hall–Kier alpha value is -3.72. The molecule has 1 aliphatic rings. The summed E-state index contributed by atoms with van der Waals surface area (Å²) in [5.74, 6) is -0.601. The summed E-state index contributed by atoms with van der Waals surface area (Å²) in [6.45, 7) is 0.917. The largest absolute Gasteiger partial charge is 0.337 e. The molecule has 2 atom stereocenters. The highest BCUT2D eigenvalue weighted by molar-refractivity contribution is 5.65. The summed E-state index contributed by atoms with van der Waals surface area (Å²) in [5.41, 5.74) is 18.2. The molecule has 4 aromatic rings. The molecule has 1 aliphatic heterocycles. The van der Waals surface area contributed by atoms with Crippen LogP contribution in [-0.2, 0) is 13.1 Å². The molecule has 0 bridgehead atoms. The van der Waals surface area contributed by atoms with Crippen LogP contribution in [0, 0.1) is 11.6 Å².